The van der Waals surface area contributed by atoms with Crippen LogP contribution >= 0.6 is 0 Å². The van der Waals surface area contributed by atoms with Gasteiger partial charge in [0.25, 0.3) is 0 Å². The number of benzene rings is 2. The molecule has 2 heteroatoms. The van der Waals surface area contributed by atoms with Crippen LogP contribution in [0.2, 0.25) is 0 Å². The summed E-state index contributed by atoms with van der Waals surface area (Å²) in [7, 11) is 4.06. The first-order valence-corrected chi connectivity index (χ1v) is 5.31. The third kappa shape index (κ3) is 2.01. The summed E-state index contributed by atoms with van der Waals surface area (Å²) in [5.74, 6) is 0. The second-order valence-corrected chi connectivity index (χ2v) is 4.03. The van der Waals surface area contributed by atoms with Gasteiger partial charge in [-0.05, 0) is 23.8 Å². The molecular formula is C14H16N2. The van der Waals surface area contributed by atoms with E-state index < -0.39 is 0 Å². The maximum atomic E-state index is 6.00. The molecule has 0 aliphatic heterocycles. The average molecular weight is 212 g/mol. The minimum Gasteiger partial charge on any atom is -0.398 e. The van der Waals surface area contributed by atoms with Crippen molar-refractivity contribution >= 4 is 11.4 Å². The average Bonchev–Trinajstić information content (AvgIpc) is 2.30. The molecule has 0 aromatic heterocycles. The summed E-state index contributed by atoms with van der Waals surface area (Å²) in [4.78, 5) is 2.08. The predicted molar refractivity (Wildman–Crippen MR) is 70.6 cm³/mol. The second kappa shape index (κ2) is 4.27. The largest absolute Gasteiger partial charge is 0.398 e. The maximum Gasteiger partial charge on any atom is 0.0395 e. The number of hydrogen-bond donors (Lipinski definition) is 1. The Morgan fingerprint density at radius 1 is 0.938 bits per heavy atom. The normalized spacial score (nSPS) is 10.1. The van der Waals surface area contributed by atoms with E-state index in [1.165, 1.54) is 0 Å². The molecule has 0 unspecified atom stereocenters. The number of anilines is 2. The van der Waals surface area contributed by atoms with Crippen molar-refractivity contribution in [1.29, 1.82) is 0 Å². The van der Waals surface area contributed by atoms with E-state index in [9.17, 15) is 0 Å². The highest BCUT2D eigenvalue weighted by atomic mass is 15.1. The fourth-order valence-electron chi connectivity index (χ4n) is 1.69. The maximum absolute atomic E-state index is 6.00. The Morgan fingerprint density at radius 3 is 2.25 bits per heavy atom. The lowest BCUT2D eigenvalue weighted by Crippen LogP contribution is -2.08. The summed E-state index contributed by atoms with van der Waals surface area (Å²) in [6.07, 6.45) is 0. The standard InChI is InChI=1S/C14H16N2/c1-16(2)12-8-9-14(15)13(10-12)11-6-4-3-5-7-11/h3-10H,15H2,1-2H3. The van der Waals surface area contributed by atoms with Gasteiger partial charge in [-0.25, -0.2) is 0 Å². The van der Waals surface area contributed by atoms with Gasteiger partial charge in [-0.2, -0.15) is 0 Å². The Bertz CT molecular complexity index is 475. The Balaban J connectivity index is 2.52. The van der Waals surface area contributed by atoms with Gasteiger partial charge in [0.2, 0.25) is 0 Å². The van der Waals surface area contributed by atoms with E-state index in [0.717, 1.165) is 22.5 Å². The second-order valence-electron chi connectivity index (χ2n) is 4.03. The molecule has 0 amide bonds. The SMILES string of the molecule is CN(C)c1ccc(N)c(-c2ccccc2)c1. The number of hydrogen-bond acceptors (Lipinski definition) is 2. The first kappa shape index (κ1) is 10.6. The predicted octanol–water partition coefficient (Wildman–Crippen LogP) is 3.00. The van der Waals surface area contributed by atoms with E-state index in [2.05, 4.69) is 23.1 Å². The summed E-state index contributed by atoms with van der Waals surface area (Å²) in [6, 6.07) is 16.3. The molecule has 2 nitrogen and oxygen atoms in total. The molecule has 16 heavy (non-hydrogen) atoms. The molecule has 2 rings (SSSR count). The van der Waals surface area contributed by atoms with Crippen molar-refractivity contribution in [2.75, 3.05) is 24.7 Å². The van der Waals surface area contributed by atoms with Gasteiger partial charge in [0.1, 0.15) is 0 Å². The number of rotatable bonds is 2. The Kier molecular flexibility index (Phi) is 2.82. The highest BCUT2D eigenvalue weighted by molar-refractivity contribution is 5.79. The fourth-order valence-corrected chi connectivity index (χ4v) is 1.69. The zero-order chi connectivity index (χ0) is 11.5. The van der Waals surface area contributed by atoms with Crippen molar-refractivity contribution in [2.24, 2.45) is 0 Å². The van der Waals surface area contributed by atoms with Crippen LogP contribution in [-0.4, -0.2) is 14.1 Å². The summed E-state index contributed by atoms with van der Waals surface area (Å²) in [5, 5.41) is 0. The summed E-state index contributed by atoms with van der Waals surface area (Å²) in [5.41, 5.74) is 10.2. The van der Waals surface area contributed by atoms with E-state index in [1.54, 1.807) is 0 Å². The molecule has 2 aromatic rings. The fraction of sp³-hybridized carbons (Fsp3) is 0.143. The number of nitrogen functional groups attached to an aromatic ring is 1. The van der Waals surface area contributed by atoms with Gasteiger partial charge in [-0.3, -0.25) is 0 Å². The van der Waals surface area contributed by atoms with Crippen molar-refractivity contribution in [1.82, 2.24) is 0 Å². The van der Waals surface area contributed by atoms with Crippen molar-refractivity contribution in [3.63, 3.8) is 0 Å². The van der Waals surface area contributed by atoms with Crippen LogP contribution in [0.1, 0.15) is 0 Å². The van der Waals surface area contributed by atoms with Gasteiger partial charge >= 0.3 is 0 Å². The molecule has 0 heterocycles. The first-order valence-electron chi connectivity index (χ1n) is 5.31. The molecule has 82 valence electrons. The molecule has 0 fully saturated rings. The Labute approximate surface area is 96.3 Å². The molecule has 2 N–H and O–H groups in total. The van der Waals surface area contributed by atoms with Gasteiger partial charge in [-0.1, -0.05) is 30.3 Å². The molecule has 0 spiro atoms. The molecule has 0 radical (unpaired) electrons. The van der Waals surface area contributed by atoms with Crippen LogP contribution in [0, 0.1) is 0 Å². The van der Waals surface area contributed by atoms with Gasteiger partial charge in [0.15, 0.2) is 0 Å². The minimum absolute atomic E-state index is 0.816. The lowest BCUT2D eigenvalue weighted by atomic mass is 10.0. The third-order valence-electron chi connectivity index (χ3n) is 2.64. The minimum atomic E-state index is 0.816. The van der Waals surface area contributed by atoms with Gasteiger partial charge < -0.3 is 10.6 Å². The van der Waals surface area contributed by atoms with E-state index in [1.807, 2.05) is 44.4 Å². The van der Waals surface area contributed by atoms with Crippen molar-refractivity contribution in [2.45, 2.75) is 0 Å². The Morgan fingerprint density at radius 2 is 1.62 bits per heavy atom. The molecule has 0 saturated carbocycles. The van der Waals surface area contributed by atoms with E-state index in [-0.39, 0.29) is 0 Å². The van der Waals surface area contributed by atoms with Crippen LogP contribution in [0.15, 0.2) is 48.5 Å². The van der Waals surface area contributed by atoms with Crippen LogP contribution in [0.3, 0.4) is 0 Å². The molecule has 0 atom stereocenters. The van der Waals surface area contributed by atoms with Crippen LogP contribution in [0.25, 0.3) is 11.1 Å². The lowest BCUT2D eigenvalue weighted by molar-refractivity contribution is 1.13. The van der Waals surface area contributed by atoms with E-state index in [0.29, 0.717) is 0 Å². The molecule has 0 aliphatic rings. The number of nitrogens with two attached hydrogens (primary N) is 1. The van der Waals surface area contributed by atoms with E-state index in [4.69, 9.17) is 5.73 Å². The zero-order valence-electron chi connectivity index (χ0n) is 9.64. The van der Waals surface area contributed by atoms with Crippen molar-refractivity contribution < 1.29 is 0 Å². The van der Waals surface area contributed by atoms with Gasteiger partial charge in [0.05, 0.1) is 0 Å². The zero-order valence-corrected chi connectivity index (χ0v) is 9.64. The third-order valence-corrected chi connectivity index (χ3v) is 2.64. The van der Waals surface area contributed by atoms with Gasteiger partial charge in [0, 0.05) is 31.0 Å². The van der Waals surface area contributed by atoms with Crippen LogP contribution in [0.5, 0.6) is 0 Å². The highest BCUT2D eigenvalue weighted by Gasteiger charge is 2.04. The molecule has 0 saturated heterocycles. The van der Waals surface area contributed by atoms with Crippen LogP contribution in [-0.2, 0) is 0 Å². The molecular weight excluding hydrogens is 196 g/mol. The first-order chi connectivity index (χ1) is 7.68. The van der Waals surface area contributed by atoms with Crippen LogP contribution in [0.4, 0.5) is 11.4 Å². The summed E-state index contributed by atoms with van der Waals surface area (Å²) < 4.78 is 0. The van der Waals surface area contributed by atoms with Crippen molar-refractivity contribution in [3.05, 3.63) is 48.5 Å². The summed E-state index contributed by atoms with van der Waals surface area (Å²) >= 11 is 0. The van der Waals surface area contributed by atoms with E-state index >= 15 is 0 Å². The smallest absolute Gasteiger partial charge is 0.0395 e. The lowest BCUT2D eigenvalue weighted by Gasteiger charge is -2.15. The highest BCUT2D eigenvalue weighted by Crippen LogP contribution is 2.29. The Hall–Kier alpha value is -1.96. The van der Waals surface area contributed by atoms with Gasteiger partial charge in [-0.15, -0.1) is 0 Å². The molecule has 0 bridgehead atoms. The van der Waals surface area contributed by atoms with Crippen molar-refractivity contribution in [3.8, 4) is 11.1 Å². The quantitative estimate of drug-likeness (QED) is 0.775. The summed E-state index contributed by atoms with van der Waals surface area (Å²) in [6.45, 7) is 0. The molecule has 2 aromatic carbocycles. The monoisotopic (exact) mass is 212 g/mol. The number of nitrogens with zero attached hydrogens (tertiary/aromatic N) is 1. The van der Waals surface area contributed by atoms with Crippen LogP contribution < -0.4 is 10.6 Å². The molecule has 0 aliphatic carbocycles. The topological polar surface area (TPSA) is 29.3 Å².